The van der Waals surface area contributed by atoms with Crippen molar-refractivity contribution in [3.63, 3.8) is 0 Å². The Hall–Kier alpha value is -2.88. The van der Waals surface area contributed by atoms with Crippen molar-refractivity contribution in [2.45, 2.75) is 32.1 Å². The highest BCUT2D eigenvalue weighted by atomic mass is 16.2. The van der Waals surface area contributed by atoms with E-state index in [2.05, 4.69) is 42.5 Å². The van der Waals surface area contributed by atoms with Crippen molar-refractivity contribution in [3.05, 3.63) is 77.9 Å². The van der Waals surface area contributed by atoms with Crippen LogP contribution in [0, 0.1) is 5.92 Å². The van der Waals surface area contributed by atoms with Gasteiger partial charge in [-0.25, -0.2) is 0 Å². The Morgan fingerprint density at radius 2 is 1.50 bits per heavy atom. The van der Waals surface area contributed by atoms with E-state index in [4.69, 9.17) is 0 Å². The number of carbonyl (C=O) groups excluding carboxylic acids is 2. The summed E-state index contributed by atoms with van der Waals surface area (Å²) in [5.74, 6) is 0.516. The molecule has 0 aliphatic carbocycles. The maximum atomic E-state index is 13.0. The van der Waals surface area contributed by atoms with Gasteiger partial charge in [0.15, 0.2) is 0 Å². The molecule has 2 aliphatic rings. The van der Waals surface area contributed by atoms with Crippen molar-refractivity contribution in [2.75, 3.05) is 26.2 Å². The number of piperidine rings is 1. The monoisotopic (exact) mass is 402 g/mol. The first-order valence-corrected chi connectivity index (χ1v) is 11.1. The molecule has 0 bridgehead atoms. The lowest BCUT2D eigenvalue weighted by Crippen LogP contribution is -2.45. The van der Waals surface area contributed by atoms with Crippen LogP contribution in [-0.2, 0) is 16.0 Å². The molecule has 4 nitrogen and oxygen atoms in total. The standard InChI is InChI=1S/C26H30N2O2/c29-25(12-11-21-7-3-1-4-8-21)27-17-15-24(16-18-27)26(30)28-19-13-23(14-20-28)22-9-5-2-6-10-22/h1-10,13,24H,11-12,14-20H2. The highest BCUT2D eigenvalue weighted by molar-refractivity contribution is 5.81. The minimum Gasteiger partial charge on any atom is -0.343 e. The first-order chi connectivity index (χ1) is 14.7. The molecule has 1 fully saturated rings. The van der Waals surface area contributed by atoms with Gasteiger partial charge in [0.2, 0.25) is 11.8 Å². The molecular formula is C26H30N2O2. The zero-order valence-corrected chi connectivity index (χ0v) is 17.5. The fourth-order valence-electron chi connectivity index (χ4n) is 4.47. The quantitative estimate of drug-likeness (QED) is 0.753. The minimum atomic E-state index is 0.0508. The van der Waals surface area contributed by atoms with Crippen molar-refractivity contribution < 1.29 is 9.59 Å². The Bertz CT molecular complexity index is 884. The second-order valence-electron chi connectivity index (χ2n) is 8.27. The van der Waals surface area contributed by atoms with E-state index in [0.717, 1.165) is 32.2 Å². The fraction of sp³-hybridized carbons (Fsp3) is 0.385. The number of hydrogen-bond donors (Lipinski definition) is 0. The second-order valence-corrected chi connectivity index (χ2v) is 8.27. The molecule has 2 amide bonds. The summed E-state index contributed by atoms with van der Waals surface area (Å²) < 4.78 is 0. The molecule has 0 spiro atoms. The van der Waals surface area contributed by atoms with E-state index in [-0.39, 0.29) is 17.7 Å². The van der Waals surface area contributed by atoms with Gasteiger partial charge in [-0.1, -0.05) is 66.7 Å². The molecule has 2 aliphatic heterocycles. The van der Waals surface area contributed by atoms with E-state index in [1.807, 2.05) is 34.1 Å². The molecule has 2 aromatic rings. The minimum absolute atomic E-state index is 0.0508. The zero-order valence-electron chi connectivity index (χ0n) is 17.5. The van der Waals surface area contributed by atoms with Gasteiger partial charge in [0, 0.05) is 38.5 Å². The van der Waals surface area contributed by atoms with Gasteiger partial charge >= 0.3 is 0 Å². The van der Waals surface area contributed by atoms with Gasteiger partial charge in [-0.05, 0) is 42.4 Å². The van der Waals surface area contributed by atoms with Crippen LogP contribution < -0.4 is 0 Å². The van der Waals surface area contributed by atoms with Crippen LogP contribution in [-0.4, -0.2) is 47.8 Å². The zero-order chi connectivity index (χ0) is 20.8. The van der Waals surface area contributed by atoms with Gasteiger partial charge < -0.3 is 9.80 Å². The number of amides is 2. The fourth-order valence-corrected chi connectivity index (χ4v) is 4.47. The first-order valence-electron chi connectivity index (χ1n) is 11.1. The number of nitrogens with zero attached hydrogens (tertiary/aromatic N) is 2. The van der Waals surface area contributed by atoms with Crippen LogP contribution >= 0.6 is 0 Å². The van der Waals surface area contributed by atoms with Crippen molar-refractivity contribution in [1.29, 1.82) is 0 Å². The van der Waals surface area contributed by atoms with Crippen molar-refractivity contribution in [1.82, 2.24) is 9.80 Å². The molecule has 0 radical (unpaired) electrons. The normalized spacial score (nSPS) is 17.5. The summed E-state index contributed by atoms with van der Waals surface area (Å²) in [5, 5.41) is 0. The van der Waals surface area contributed by atoms with Gasteiger partial charge in [-0.2, -0.15) is 0 Å². The molecule has 0 N–H and O–H groups in total. The third-order valence-corrected chi connectivity index (χ3v) is 6.33. The molecule has 2 aromatic carbocycles. The average molecular weight is 403 g/mol. The highest BCUT2D eigenvalue weighted by Gasteiger charge is 2.30. The van der Waals surface area contributed by atoms with E-state index in [1.165, 1.54) is 16.7 Å². The lowest BCUT2D eigenvalue weighted by molar-refractivity contribution is -0.140. The van der Waals surface area contributed by atoms with Crippen LogP contribution in [0.3, 0.4) is 0 Å². The summed E-state index contributed by atoms with van der Waals surface area (Å²) in [6, 6.07) is 20.6. The molecule has 0 aromatic heterocycles. The maximum Gasteiger partial charge on any atom is 0.226 e. The smallest absolute Gasteiger partial charge is 0.226 e. The van der Waals surface area contributed by atoms with E-state index < -0.39 is 0 Å². The Morgan fingerprint density at radius 1 is 0.833 bits per heavy atom. The molecule has 2 heterocycles. The Balaban J connectivity index is 1.23. The van der Waals surface area contributed by atoms with Crippen LogP contribution in [0.15, 0.2) is 66.7 Å². The molecule has 0 unspecified atom stereocenters. The van der Waals surface area contributed by atoms with Gasteiger partial charge in [0.1, 0.15) is 0 Å². The van der Waals surface area contributed by atoms with Gasteiger partial charge in [0.05, 0.1) is 0 Å². The van der Waals surface area contributed by atoms with E-state index in [9.17, 15) is 9.59 Å². The summed E-state index contributed by atoms with van der Waals surface area (Å²) in [6.45, 7) is 2.88. The predicted octanol–water partition coefficient (Wildman–Crippen LogP) is 4.17. The largest absolute Gasteiger partial charge is 0.343 e. The van der Waals surface area contributed by atoms with Crippen LogP contribution in [0.5, 0.6) is 0 Å². The van der Waals surface area contributed by atoms with Crippen LogP contribution in [0.2, 0.25) is 0 Å². The third kappa shape index (κ3) is 4.99. The van der Waals surface area contributed by atoms with Crippen LogP contribution in [0.25, 0.3) is 5.57 Å². The van der Waals surface area contributed by atoms with E-state index >= 15 is 0 Å². The molecule has 0 atom stereocenters. The first kappa shape index (κ1) is 20.4. The number of carbonyl (C=O) groups is 2. The molecule has 0 saturated carbocycles. The predicted molar refractivity (Wildman–Crippen MR) is 120 cm³/mol. The Morgan fingerprint density at radius 3 is 2.13 bits per heavy atom. The summed E-state index contributed by atoms with van der Waals surface area (Å²) >= 11 is 0. The van der Waals surface area contributed by atoms with E-state index in [1.54, 1.807) is 0 Å². The van der Waals surface area contributed by atoms with Gasteiger partial charge in [-0.15, -0.1) is 0 Å². The van der Waals surface area contributed by atoms with Crippen molar-refractivity contribution in [3.8, 4) is 0 Å². The van der Waals surface area contributed by atoms with Gasteiger partial charge in [0.25, 0.3) is 0 Å². The average Bonchev–Trinajstić information content (AvgIpc) is 2.83. The molecule has 4 rings (SSSR count). The number of hydrogen-bond acceptors (Lipinski definition) is 2. The van der Waals surface area contributed by atoms with Crippen molar-refractivity contribution >= 4 is 17.4 Å². The number of aryl methyl sites for hydroxylation is 1. The SMILES string of the molecule is O=C(CCc1ccccc1)N1CCC(C(=O)N2CC=C(c3ccccc3)CC2)CC1. The topological polar surface area (TPSA) is 40.6 Å². The summed E-state index contributed by atoms with van der Waals surface area (Å²) in [7, 11) is 0. The third-order valence-electron chi connectivity index (χ3n) is 6.33. The molecule has 4 heteroatoms. The number of benzene rings is 2. The summed E-state index contributed by atoms with van der Waals surface area (Å²) in [6.07, 6.45) is 5.99. The van der Waals surface area contributed by atoms with Gasteiger partial charge in [-0.3, -0.25) is 9.59 Å². The number of likely N-dealkylation sites (tertiary alicyclic amines) is 1. The van der Waals surface area contributed by atoms with Crippen LogP contribution in [0.4, 0.5) is 0 Å². The lowest BCUT2D eigenvalue weighted by Gasteiger charge is -2.35. The van der Waals surface area contributed by atoms with Crippen LogP contribution in [0.1, 0.15) is 36.8 Å². The highest BCUT2D eigenvalue weighted by Crippen LogP contribution is 2.26. The van der Waals surface area contributed by atoms with Crippen molar-refractivity contribution in [2.24, 2.45) is 5.92 Å². The Kier molecular flexibility index (Phi) is 6.63. The maximum absolute atomic E-state index is 13.0. The Labute approximate surface area is 179 Å². The molecule has 1 saturated heterocycles. The second kappa shape index (κ2) is 9.75. The number of rotatable bonds is 5. The van der Waals surface area contributed by atoms with E-state index in [0.29, 0.717) is 26.1 Å². The molecular weight excluding hydrogens is 372 g/mol. The summed E-state index contributed by atoms with van der Waals surface area (Å²) in [5.41, 5.74) is 3.79. The lowest BCUT2D eigenvalue weighted by atomic mass is 9.93. The summed E-state index contributed by atoms with van der Waals surface area (Å²) in [4.78, 5) is 29.5. The molecule has 30 heavy (non-hydrogen) atoms. The molecule has 156 valence electrons.